The Hall–Kier alpha value is -2.49. The average Bonchev–Trinajstić information content (AvgIpc) is 3.30. The number of fused-ring (bicyclic) bond motifs is 1. The highest BCUT2D eigenvalue weighted by Gasteiger charge is 2.33. The standard InChI is InChI=1S/C23H22BrN3O3S2/c1-5-30-22(29)19-13(2)25-23-27(20(19)14-6-8-15(9-7-14)26(3)4)21(28)17(32-23)12-16-10-11-18(24)31-16/h6-12,20H,5H2,1-4H3/b17-12+/t20-/m1/s1. The summed E-state index contributed by atoms with van der Waals surface area (Å²) >= 11 is 6.34. The van der Waals surface area contributed by atoms with Gasteiger partial charge in [-0.3, -0.25) is 9.36 Å². The summed E-state index contributed by atoms with van der Waals surface area (Å²) in [6.07, 6.45) is 1.87. The molecule has 1 aliphatic rings. The van der Waals surface area contributed by atoms with Crippen molar-refractivity contribution in [3.05, 3.63) is 81.6 Å². The molecule has 0 bridgehead atoms. The minimum atomic E-state index is -0.598. The van der Waals surface area contributed by atoms with Gasteiger partial charge in [0.1, 0.15) is 0 Å². The number of hydrogen-bond acceptors (Lipinski definition) is 7. The first-order valence-electron chi connectivity index (χ1n) is 10.0. The molecule has 0 radical (unpaired) electrons. The van der Waals surface area contributed by atoms with E-state index in [1.54, 1.807) is 29.8 Å². The molecule has 3 aromatic rings. The molecule has 0 unspecified atom stereocenters. The molecule has 9 heteroatoms. The van der Waals surface area contributed by atoms with Crippen LogP contribution in [0.3, 0.4) is 0 Å². The van der Waals surface area contributed by atoms with E-state index in [4.69, 9.17) is 4.74 Å². The van der Waals surface area contributed by atoms with Gasteiger partial charge in [0.05, 0.1) is 32.2 Å². The molecule has 0 N–H and O–H groups in total. The zero-order valence-electron chi connectivity index (χ0n) is 18.1. The van der Waals surface area contributed by atoms with E-state index in [-0.39, 0.29) is 12.2 Å². The van der Waals surface area contributed by atoms with Crippen LogP contribution >= 0.6 is 38.6 Å². The van der Waals surface area contributed by atoms with Gasteiger partial charge in [-0.25, -0.2) is 9.79 Å². The Bertz CT molecular complexity index is 1380. The van der Waals surface area contributed by atoms with Gasteiger partial charge in [-0.2, -0.15) is 0 Å². The number of carbonyl (C=O) groups is 1. The first-order chi connectivity index (χ1) is 15.3. The Morgan fingerprint density at radius 2 is 1.94 bits per heavy atom. The van der Waals surface area contributed by atoms with Gasteiger partial charge >= 0.3 is 5.97 Å². The molecule has 2 aromatic heterocycles. The highest BCUT2D eigenvalue weighted by molar-refractivity contribution is 9.11. The van der Waals surface area contributed by atoms with E-state index in [1.165, 1.54) is 11.3 Å². The molecule has 6 nitrogen and oxygen atoms in total. The minimum Gasteiger partial charge on any atom is -0.463 e. The predicted molar refractivity (Wildman–Crippen MR) is 133 cm³/mol. The highest BCUT2D eigenvalue weighted by atomic mass is 79.9. The van der Waals surface area contributed by atoms with Crippen molar-refractivity contribution < 1.29 is 9.53 Å². The molecule has 1 aromatic carbocycles. The van der Waals surface area contributed by atoms with Gasteiger partial charge in [0.25, 0.3) is 5.56 Å². The van der Waals surface area contributed by atoms with Crippen LogP contribution in [0.4, 0.5) is 5.69 Å². The maximum atomic E-state index is 13.5. The minimum absolute atomic E-state index is 0.172. The van der Waals surface area contributed by atoms with Crippen LogP contribution in [-0.4, -0.2) is 31.2 Å². The van der Waals surface area contributed by atoms with Gasteiger partial charge in [0, 0.05) is 24.7 Å². The van der Waals surface area contributed by atoms with E-state index < -0.39 is 12.0 Å². The van der Waals surface area contributed by atoms with Crippen LogP contribution in [0.5, 0.6) is 0 Å². The number of aromatic nitrogens is 1. The molecule has 0 aliphatic carbocycles. The average molecular weight is 532 g/mol. The van der Waals surface area contributed by atoms with Crippen molar-refractivity contribution in [2.24, 2.45) is 4.99 Å². The number of benzene rings is 1. The molecule has 32 heavy (non-hydrogen) atoms. The van der Waals surface area contributed by atoms with Crippen LogP contribution in [0, 0.1) is 0 Å². The molecule has 166 valence electrons. The number of nitrogens with zero attached hydrogens (tertiary/aromatic N) is 3. The monoisotopic (exact) mass is 531 g/mol. The number of thiophene rings is 1. The zero-order chi connectivity index (χ0) is 23.0. The lowest BCUT2D eigenvalue weighted by Gasteiger charge is -2.25. The summed E-state index contributed by atoms with van der Waals surface area (Å²) < 4.78 is 8.52. The SMILES string of the molecule is CCOC(=O)C1=C(C)N=c2s/c(=C/c3ccc(Br)s3)c(=O)n2[C@@H]1c1ccc(N(C)C)cc1. The molecule has 4 rings (SSSR count). The van der Waals surface area contributed by atoms with Crippen LogP contribution in [0.15, 0.2) is 61.2 Å². The Labute approximate surface area is 201 Å². The summed E-state index contributed by atoms with van der Waals surface area (Å²) in [7, 11) is 3.93. The fourth-order valence-corrected chi connectivity index (χ4v) is 6.08. The van der Waals surface area contributed by atoms with Crippen molar-refractivity contribution >= 4 is 56.3 Å². The van der Waals surface area contributed by atoms with Crippen LogP contribution in [0.2, 0.25) is 0 Å². The second-order valence-electron chi connectivity index (χ2n) is 7.43. The Morgan fingerprint density at radius 1 is 1.22 bits per heavy atom. The van der Waals surface area contributed by atoms with Crippen LogP contribution in [0.1, 0.15) is 30.3 Å². The molecule has 3 heterocycles. The van der Waals surface area contributed by atoms with E-state index in [1.807, 2.05) is 61.5 Å². The topological polar surface area (TPSA) is 63.9 Å². The third-order valence-corrected chi connectivity index (χ3v) is 7.66. The quantitative estimate of drug-likeness (QED) is 0.471. The maximum absolute atomic E-state index is 13.5. The molecule has 0 amide bonds. The Balaban J connectivity index is 1.93. The molecule has 1 aliphatic heterocycles. The number of allylic oxidation sites excluding steroid dienone is 1. The number of rotatable bonds is 5. The van der Waals surface area contributed by atoms with Gasteiger partial charge in [-0.05, 0) is 65.7 Å². The molecule has 0 saturated carbocycles. The Morgan fingerprint density at radius 3 is 2.53 bits per heavy atom. The lowest BCUT2D eigenvalue weighted by molar-refractivity contribution is -0.139. The molecular weight excluding hydrogens is 510 g/mol. The fourth-order valence-electron chi connectivity index (χ4n) is 3.60. The van der Waals surface area contributed by atoms with Crippen LogP contribution in [-0.2, 0) is 9.53 Å². The van der Waals surface area contributed by atoms with Crippen LogP contribution < -0.4 is 19.8 Å². The van der Waals surface area contributed by atoms with E-state index in [9.17, 15) is 9.59 Å². The van der Waals surface area contributed by atoms with Crippen molar-refractivity contribution in [3.8, 4) is 0 Å². The van der Waals surface area contributed by atoms with Crippen molar-refractivity contribution in [2.45, 2.75) is 19.9 Å². The van der Waals surface area contributed by atoms with Crippen LogP contribution in [0.25, 0.3) is 6.08 Å². The zero-order valence-corrected chi connectivity index (χ0v) is 21.3. The summed E-state index contributed by atoms with van der Waals surface area (Å²) in [5.74, 6) is -0.452. The number of ether oxygens (including phenoxy) is 1. The van der Waals surface area contributed by atoms with E-state index >= 15 is 0 Å². The number of hydrogen-bond donors (Lipinski definition) is 0. The maximum Gasteiger partial charge on any atom is 0.338 e. The Kier molecular flexibility index (Phi) is 6.50. The van der Waals surface area contributed by atoms with Gasteiger partial charge in [-0.15, -0.1) is 11.3 Å². The number of halogens is 1. The number of esters is 1. The van der Waals surface area contributed by atoms with Gasteiger partial charge in [0.15, 0.2) is 4.80 Å². The highest BCUT2D eigenvalue weighted by Crippen LogP contribution is 2.31. The third-order valence-electron chi connectivity index (χ3n) is 5.11. The first kappa shape index (κ1) is 22.7. The van der Waals surface area contributed by atoms with E-state index in [0.29, 0.717) is 20.6 Å². The van der Waals surface area contributed by atoms with Crippen molar-refractivity contribution in [1.82, 2.24) is 4.57 Å². The largest absolute Gasteiger partial charge is 0.463 e. The molecular formula is C23H22BrN3O3S2. The smallest absolute Gasteiger partial charge is 0.338 e. The number of thiazole rings is 1. The fraction of sp³-hybridized carbons (Fsp3) is 0.261. The lowest BCUT2D eigenvalue weighted by atomic mass is 9.95. The van der Waals surface area contributed by atoms with Crippen molar-refractivity contribution in [2.75, 3.05) is 25.6 Å². The molecule has 0 fully saturated rings. The summed E-state index contributed by atoms with van der Waals surface area (Å²) in [5.41, 5.74) is 2.65. The predicted octanol–water partition coefficient (Wildman–Crippen LogP) is 3.69. The number of carbonyl (C=O) groups excluding carboxylic acids is 1. The summed E-state index contributed by atoms with van der Waals surface area (Å²) in [5, 5.41) is 0. The third kappa shape index (κ3) is 4.24. The van der Waals surface area contributed by atoms with Crippen molar-refractivity contribution in [1.29, 1.82) is 0 Å². The molecule has 0 spiro atoms. The molecule has 1 atom stereocenters. The second-order valence-corrected chi connectivity index (χ2v) is 10.9. The second kappa shape index (κ2) is 9.17. The van der Waals surface area contributed by atoms with Gasteiger partial charge < -0.3 is 9.64 Å². The van der Waals surface area contributed by atoms with E-state index in [0.717, 1.165) is 19.9 Å². The van der Waals surface area contributed by atoms with Gasteiger partial charge in [-0.1, -0.05) is 23.5 Å². The van der Waals surface area contributed by atoms with E-state index in [2.05, 4.69) is 20.9 Å². The van der Waals surface area contributed by atoms with Gasteiger partial charge in [0.2, 0.25) is 0 Å². The number of anilines is 1. The first-order valence-corrected chi connectivity index (χ1v) is 12.4. The molecule has 0 saturated heterocycles. The normalized spacial score (nSPS) is 16.0. The summed E-state index contributed by atoms with van der Waals surface area (Å²) in [4.78, 5) is 34.6. The van der Waals surface area contributed by atoms with Crippen molar-refractivity contribution in [3.63, 3.8) is 0 Å². The lowest BCUT2D eigenvalue weighted by Crippen LogP contribution is -2.39. The summed E-state index contributed by atoms with van der Waals surface area (Å²) in [6, 6.07) is 11.2. The summed E-state index contributed by atoms with van der Waals surface area (Å²) in [6.45, 7) is 3.81.